The smallest absolute Gasteiger partial charge is 0.143 e. The van der Waals surface area contributed by atoms with Gasteiger partial charge in [-0.1, -0.05) is 194 Å². The molecule has 282 valence electrons. The molecule has 0 aliphatic heterocycles. The Hall–Kier alpha value is -7.94. The van der Waals surface area contributed by atoms with E-state index in [0.717, 1.165) is 56.0 Å². The van der Waals surface area contributed by atoms with Crippen molar-refractivity contribution in [1.29, 1.82) is 0 Å². The average Bonchev–Trinajstić information content (AvgIpc) is 3.72. The monoisotopic (exact) mass is 765 g/mol. The lowest BCUT2D eigenvalue weighted by Crippen LogP contribution is -2.10. The van der Waals surface area contributed by atoms with Crippen LogP contribution in [0.1, 0.15) is 0 Å². The molecule has 0 amide bonds. The van der Waals surface area contributed by atoms with E-state index >= 15 is 0 Å². The summed E-state index contributed by atoms with van der Waals surface area (Å²) in [5.41, 5.74) is 14.5. The highest BCUT2D eigenvalue weighted by Gasteiger charge is 2.21. The first-order chi connectivity index (χ1) is 29.8. The summed E-state index contributed by atoms with van der Waals surface area (Å²) < 4.78 is 6.71. The van der Waals surface area contributed by atoms with Crippen LogP contribution in [0, 0.1) is 0 Å². The van der Waals surface area contributed by atoms with Crippen LogP contribution in [-0.4, -0.2) is 0 Å². The summed E-state index contributed by atoms with van der Waals surface area (Å²) >= 11 is 0. The molecule has 1 heterocycles. The maximum atomic E-state index is 6.71. The zero-order valence-corrected chi connectivity index (χ0v) is 32.9. The minimum absolute atomic E-state index is 0.858. The van der Waals surface area contributed by atoms with E-state index in [1.165, 1.54) is 49.4 Å². The van der Waals surface area contributed by atoms with Crippen molar-refractivity contribution < 1.29 is 4.42 Å². The Balaban J connectivity index is 1.05. The van der Waals surface area contributed by atoms with E-state index in [1.807, 2.05) is 6.07 Å². The molecule has 0 atom stereocenters. The highest BCUT2D eigenvalue weighted by atomic mass is 16.3. The summed E-state index contributed by atoms with van der Waals surface area (Å²) in [7, 11) is 0. The van der Waals surface area contributed by atoms with Gasteiger partial charge in [-0.05, 0) is 103 Å². The van der Waals surface area contributed by atoms with Crippen molar-refractivity contribution in [3.63, 3.8) is 0 Å². The molecule has 0 aliphatic rings. The Labute approximate surface area is 349 Å². The van der Waals surface area contributed by atoms with Crippen molar-refractivity contribution in [2.45, 2.75) is 0 Å². The van der Waals surface area contributed by atoms with Gasteiger partial charge in [-0.3, -0.25) is 0 Å². The molecule has 0 spiro atoms. The van der Waals surface area contributed by atoms with E-state index in [4.69, 9.17) is 4.42 Å². The zero-order chi connectivity index (χ0) is 39.8. The Morgan fingerprint density at radius 1 is 0.283 bits per heavy atom. The number of furan rings is 1. The first kappa shape index (κ1) is 35.2. The summed E-state index contributed by atoms with van der Waals surface area (Å²) in [6.07, 6.45) is 0. The second kappa shape index (κ2) is 15.1. The number of hydrogen-bond acceptors (Lipinski definition) is 2. The summed E-state index contributed by atoms with van der Waals surface area (Å²) in [4.78, 5) is 2.36. The molecule has 2 heteroatoms. The van der Waals surface area contributed by atoms with Crippen molar-refractivity contribution in [1.82, 2.24) is 0 Å². The highest BCUT2D eigenvalue weighted by molar-refractivity contribution is 6.09. The third-order valence-electron chi connectivity index (χ3n) is 11.7. The van der Waals surface area contributed by atoms with Crippen LogP contribution in [0.15, 0.2) is 241 Å². The van der Waals surface area contributed by atoms with Crippen molar-refractivity contribution in [3.8, 4) is 55.8 Å². The summed E-state index contributed by atoms with van der Waals surface area (Å²) in [6, 6.07) is 84.7. The van der Waals surface area contributed by atoms with Gasteiger partial charge in [0.2, 0.25) is 0 Å². The molecule has 10 aromatic carbocycles. The number of hydrogen-bond donors (Lipinski definition) is 0. The molecule has 11 rings (SSSR count). The second-order valence-corrected chi connectivity index (χ2v) is 15.3. The zero-order valence-electron chi connectivity index (χ0n) is 32.9. The summed E-state index contributed by atoms with van der Waals surface area (Å²) in [5, 5.41) is 6.03. The highest BCUT2D eigenvalue weighted by Crippen LogP contribution is 2.45. The SMILES string of the molecule is c1ccc(-c2ccccc2-c2ccccc2-c2ccc(N(c3cccc(-c4oc5ccccc5c4-c4ccccc4)c3)c3ccc4c(ccc5ccccc54)c3)cc2)cc1. The first-order valence-electron chi connectivity index (χ1n) is 20.5. The molecule has 0 saturated carbocycles. The van der Waals surface area contributed by atoms with Gasteiger partial charge in [0.15, 0.2) is 0 Å². The molecule has 1 aromatic heterocycles. The van der Waals surface area contributed by atoms with Gasteiger partial charge >= 0.3 is 0 Å². The molecule has 0 saturated heterocycles. The van der Waals surface area contributed by atoms with E-state index < -0.39 is 0 Å². The molecule has 0 aliphatic carbocycles. The molecule has 0 fully saturated rings. The van der Waals surface area contributed by atoms with Crippen LogP contribution in [0.4, 0.5) is 17.1 Å². The Morgan fingerprint density at radius 3 is 1.53 bits per heavy atom. The fourth-order valence-electron chi connectivity index (χ4n) is 8.86. The Kier molecular flexibility index (Phi) is 8.87. The largest absolute Gasteiger partial charge is 0.455 e. The normalized spacial score (nSPS) is 11.3. The van der Waals surface area contributed by atoms with Gasteiger partial charge in [0, 0.05) is 33.6 Å². The van der Waals surface area contributed by atoms with E-state index in [-0.39, 0.29) is 0 Å². The van der Waals surface area contributed by atoms with E-state index in [0.29, 0.717) is 0 Å². The van der Waals surface area contributed by atoms with Gasteiger partial charge in [-0.25, -0.2) is 0 Å². The van der Waals surface area contributed by atoms with Crippen LogP contribution in [0.25, 0.3) is 88.3 Å². The lowest BCUT2D eigenvalue weighted by molar-refractivity contribution is 0.632. The van der Waals surface area contributed by atoms with Crippen molar-refractivity contribution >= 4 is 49.6 Å². The van der Waals surface area contributed by atoms with Crippen LogP contribution < -0.4 is 4.90 Å². The van der Waals surface area contributed by atoms with Crippen LogP contribution in [0.3, 0.4) is 0 Å². The first-order valence-corrected chi connectivity index (χ1v) is 20.5. The van der Waals surface area contributed by atoms with Gasteiger partial charge < -0.3 is 9.32 Å². The molecule has 0 radical (unpaired) electrons. The predicted octanol–water partition coefficient (Wildman–Crippen LogP) is 16.5. The average molecular weight is 766 g/mol. The minimum Gasteiger partial charge on any atom is -0.455 e. The van der Waals surface area contributed by atoms with Crippen molar-refractivity contribution in [2.75, 3.05) is 4.90 Å². The van der Waals surface area contributed by atoms with Gasteiger partial charge in [0.05, 0.1) is 0 Å². The predicted molar refractivity (Wildman–Crippen MR) is 253 cm³/mol. The number of fused-ring (bicyclic) bond motifs is 4. The van der Waals surface area contributed by atoms with Crippen LogP contribution in [0.5, 0.6) is 0 Å². The molecule has 2 nitrogen and oxygen atoms in total. The molecule has 60 heavy (non-hydrogen) atoms. The van der Waals surface area contributed by atoms with Crippen molar-refractivity contribution in [3.05, 3.63) is 237 Å². The molecule has 11 aromatic rings. The molecule has 0 bridgehead atoms. The van der Waals surface area contributed by atoms with Crippen LogP contribution >= 0.6 is 0 Å². The van der Waals surface area contributed by atoms with Gasteiger partial charge in [-0.2, -0.15) is 0 Å². The number of nitrogens with zero attached hydrogens (tertiary/aromatic N) is 1. The van der Waals surface area contributed by atoms with Gasteiger partial charge in [0.1, 0.15) is 11.3 Å². The maximum absolute atomic E-state index is 6.71. The summed E-state index contributed by atoms with van der Waals surface area (Å²) in [5.74, 6) is 0.858. The third kappa shape index (κ3) is 6.32. The fraction of sp³-hybridized carbons (Fsp3) is 0. The number of rotatable bonds is 8. The Morgan fingerprint density at radius 2 is 0.800 bits per heavy atom. The quantitative estimate of drug-likeness (QED) is 0.143. The lowest BCUT2D eigenvalue weighted by Gasteiger charge is -2.27. The Bertz CT molecular complexity index is 3310. The van der Waals surface area contributed by atoms with E-state index in [1.54, 1.807) is 0 Å². The lowest BCUT2D eigenvalue weighted by atomic mass is 9.89. The summed E-state index contributed by atoms with van der Waals surface area (Å²) in [6.45, 7) is 0. The molecular formula is C58H39NO. The number of para-hydroxylation sites is 1. The molecular weight excluding hydrogens is 727 g/mol. The third-order valence-corrected chi connectivity index (χ3v) is 11.7. The standard InChI is InChI=1S/C58H39NO/c1-3-16-40(17-4-1)50-24-9-11-26-53(50)54-27-12-10-25-51(54)42-32-34-46(35-33-42)59(48-36-37-52-44(38-48)31-30-41-18-7-8-23-49(41)52)47-22-15-21-45(39-47)58-57(43-19-5-2-6-20-43)55-28-13-14-29-56(55)60-58/h1-39H. The van der Waals surface area contributed by atoms with Crippen LogP contribution in [0.2, 0.25) is 0 Å². The van der Waals surface area contributed by atoms with Crippen molar-refractivity contribution in [2.24, 2.45) is 0 Å². The minimum atomic E-state index is 0.858. The van der Waals surface area contributed by atoms with E-state index in [2.05, 4.69) is 235 Å². The van der Waals surface area contributed by atoms with Crippen LogP contribution in [-0.2, 0) is 0 Å². The number of benzene rings is 10. The van der Waals surface area contributed by atoms with Gasteiger partial charge in [0.25, 0.3) is 0 Å². The maximum Gasteiger partial charge on any atom is 0.143 e. The van der Waals surface area contributed by atoms with Gasteiger partial charge in [-0.15, -0.1) is 0 Å². The van der Waals surface area contributed by atoms with E-state index in [9.17, 15) is 0 Å². The topological polar surface area (TPSA) is 16.4 Å². The molecule has 0 N–H and O–H groups in total. The fourth-order valence-corrected chi connectivity index (χ4v) is 8.86. The number of anilines is 3. The second-order valence-electron chi connectivity index (χ2n) is 15.3. The molecule has 0 unspecified atom stereocenters.